The number of hydrogen-bond donors (Lipinski definition) is 1. The van der Waals surface area contributed by atoms with Gasteiger partial charge >= 0.3 is 5.97 Å². The number of aromatic nitrogens is 2. The van der Waals surface area contributed by atoms with Crippen molar-refractivity contribution >= 4 is 11.7 Å². The standard InChI is InChI=1S/C14H17N3O3/c1-9(2)17-8-11(7-16-17)20-10-4-5-13(15)12(6-10)14(18)19-3/h4-9H,15H2,1-3H3. The van der Waals surface area contributed by atoms with E-state index in [0.717, 1.165) is 0 Å². The van der Waals surface area contributed by atoms with Crippen molar-refractivity contribution in [3.63, 3.8) is 0 Å². The van der Waals surface area contributed by atoms with Gasteiger partial charge in [-0.2, -0.15) is 5.10 Å². The van der Waals surface area contributed by atoms with Crippen LogP contribution in [0.15, 0.2) is 30.6 Å². The Kier molecular flexibility index (Phi) is 3.93. The molecule has 0 radical (unpaired) electrons. The Morgan fingerprint density at radius 2 is 2.10 bits per heavy atom. The largest absolute Gasteiger partial charge is 0.465 e. The lowest BCUT2D eigenvalue weighted by Crippen LogP contribution is -2.05. The second kappa shape index (κ2) is 5.64. The van der Waals surface area contributed by atoms with Gasteiger partial charge in [-0.15, -0.1) is 0 Å². The third-order valence-electron chi connectivity index (χ3n) is 2.77. The van der Waals surface area contributed by atoms with Crippen LogP contribution >= 0.6 is 0 Å². The lowest BCUT2D eigenvalue weighted by atomic mass is 10.2. The topological polar surface area (TPSA) is 79.4 Å². The van der Waals surface area contributed by atoms with Crippen LogP contribution in [0.4, 0.5) is 5.69 Å². The van der Waals surface area contributed by atoms with E-state index in [4.69, 9.17) is 10.5 Å². The average Bonchev–Trinajstić information content (AvgIpc) is 2.89. The number of nitrogens with two attached hydrogens (primary N) is 1. The van der Waals surface area contributed by atoms with E-state index in [-0.39, 0.29) is 11.6 Å². The summed E-state index contributed by atoms with van der Waals surface area (Å²) >= 11 is 0. The van der Waals surface area contributed by atoms with Crippen LogP contribution in [0.5, 0.6) is 11.5 Å². The van der Waals surface area contributed by atoms with Crippen LogP contribution in [0.1, 0.15) is 30.2 Å². The normalized spacial score (nSPS) is 10.6. The highest BCUT2D eigenvalue weighted by Gasteiger charge is 2.12. The predicted octanol–water partition coefficient (Wildman–Crippen LogP) is 2.63. The number of nitrogen functional groups attached to an aromatic ring is 1. The van der Waals surface area contributed by atoms with Gasteiger partial charge in [-0.3, -0.25) is 4.68 Å². The Labute approximate surface area is 117 Å². The van der Waals surface area contributed by atoms with Crippen molar-refractivity contribution in [3.05, 3.63) is 36.2 Å². The van der Waals surface area contributed by atoms with Crippen molar-refractivity contribution in [3.8, 4) is 11.5 Å². The van der Waals surface area contributed by atoms with Gasteiger partial charge in [0, 0.05) is 11.7 Å². The fraction of sp³-hybridized carbons (Fsp3) is 0.286. The van der Waals surface area contributed by atoms with Gasteiger partial charge in [0.25, 0.3) is 0 Å². The molecular weight excluding hydrogens is 258 g/mol. The summed E-state index contributed by atoms with van der Waals surface area (Å²) < 4.78 is 12.1. The van der Waals surface area contributed by atoms with E-state index in [0.29, 0.717) is 17.2 Å². The SMILES string of the molecule is COC(=O)c1cc(Oc2cnn(C(C)C)c2)ccc1N. The van der Waals surface area contributed by atoms with Crippen LogP contribution in [0, 0.1) is 0 Å². The summed E-state index contributed by atoms with van der Waals surface area (Å²) in [6.45, 7) is 4.05. The quantitative estimate of drug-likeness (QED) is 0.685. The van der Waals surface area contributed by atoms with Crippen LogP contribution in [-0.4, -0.2) is 22.9 Å². The first-order valence-electron chi connectivity index (χ1n) is 6.21. The monoisotopic (exact) mass is 275 g/mol. The van der Waals surface area contributed by atoms with Crippen molar-refractivity contribution in [2.24, 2.45) is 0 Å². The molecule has 0 amide bonds. The number of carbonyl (C=O) groups excluding carboxylic acids is 1. The molecule has 0 bridgehead atoms. The molecule has 2 aromatic rings. The fourth-order valence-electron chi connectivity index (χ4n) is 1.68. The lowest BCUT2D eigenvalue weighted by Gasteiger charge is -2.07. The minimum absolute atomic E-state index is 0.254. The van der Waals surface area contributed by atoms with E-state index in [9.17, 15) is 4.79 Å². The zero-order valence-electron chi connectivity index (χ0n) is 11.7. The van der Waals surface area contributed by atoms with Crippen LogP contribution in [0.25, 0.3) is 0 Å². The van der Waals surface area contributed by atoms with Crippen molar-refractivity contribution in [2.45, 2.75) is 19.9 Å². The van der Waals surface area contributed by atoms with E-state index in [2.05, 4.69) is 9.84 Å². The van der Waals surface area contributed by atoms with Gasteiger partial charge in [0.05, 0.1) is 25.1 Å². The smallest absolute Gasteiger partial charge is 0.340 e. The highest BCUT2D eigenvalue weighted by atomic mass is 16.5. The van der Waals surface area contributed by atoms with Gasteiger partial charge in [-0.05, 0) is 32.0 Å². The number of ether oxygens (including phenoxy) is 2. The maximum atomic E-state index is 11.6. The first-order chi connectivity index (χ1) is 9.51. The molecule has 0 aliphatic rings. The Morgan fingerprint density at radius 1 is 1.35 bits per heavy atom. The Hall–Kier alpha value is -2.50. The summed E-state index contributed by atoms with van der Waals surface area (Å²) in [5.41, 5.74) is 6.36. The molecule has 1 heterocycles. The molecule has 0 aliphatic heterocycles. The van der Waals surface area contributed by atoms with E-state index >= 15 is 0 Å². The molecule has 0 unspecified atom stereocenters. The van der Waals surface area contributed by atoms with Crippen molar-refractivity contribution < 1.29 is 14.3 Å². The second-order valence-electron chi connectivity index (χ2n) is 4.59. The summed E-state index contributed by atoms with van der Waals surface area (Å²) in [5, 5.41) is 4.18. The summed E-state index contributed by atoms with van der Waals surface area (Å²) in [6.07, 6.45) is 3.41. The van der Waals surface area contributed by atoms with Crippen molar-refractivity contribution in [1.29, 1.82) is 0 Å². The number of hydrogen-bond acceptors (Lipinski definition) is 5. The van der Waals surface area contributed by atoms with Crippen LogP contribution < -0.4 is 10.5 Å². The fourth-order valence-corrected chi connectivity index (χ4v) is 1.68. The number of methoxy groups -OCH3 is 1. The molecular formula is C14H17N3O3. The molecule has 0 spiro atoms. The molecule has 6 heteroatoms. The summed E-state index contributed by atoms with van der Waals surface area (Å²) in [6, 6.07) is 5.10. The van der Waals surface area contributed by atoms with E-state index in [1.165, 1.54) is 7.11 Å². The van der Waals surface area contributed by atoms with E-state index in [1.807, 2.05) is 13.8 Å². The molecule has 0 saturated heterocycles. The Bertz CT molecular complexity index is 620. The van der Waals surface area contributed by atoms with Crippen LogP contribution in [-0.2, 0) is 4.74 Å². The van der Waals surface area contributed by atoms with Gasteiger partial charge in [-0.25, -0.2) is 4.79 Å². The summed E-state index contributed by atoms with van der Waals surface area (Å²) in [7, 11) is 1.31. The highest BCUT2D eigenvalue weighted by molar-refractivity contribution is 5.95. The summed E-state index contributed by atoms with van der Waals surface area (Å²) in [5.74, 6) is 0.605. The van der Waals surface area contributed by atoms with Gasteiger partial charge in [0.1, 0.15) is 5.75 Å². The Balaban J connectivity index is 2.22. The lowest BCUT2D eigenvalue weighted by molar-refractivity contribution is 0.0601. The molecule has 6 nitrogen and oxygen atoms in total. The van der Waals surface area contributed by atoms with Gasteiger partial charge < -0.3 is 15.2 Å². The highest BCUT2D eigenvalue weighted by Crippen LogP contribution is 2.25. The third-order valence-corrected chi connectivity index (χ3v) is 2.77. The van der Waals surface area contributed by atoms with E-state index in [1.54, 1.807) is 35.3 Å². The van der Waals surface area contributed by atoms with E-state index < -0.39 is 5.97 Å². The van der Waals surface area contributed by atoms with Gasteiger partial charge in [0.15, 0.2) is 5.75 Å². The minimum atomic E-state index is -0.495. The Morgan fingerprint density at radius 3 is 2.70 bits per heavy atom. The maximum absolute atomic E-state index is 11.6. The number of anilines is 1. The molecule has 106 valence electrons. The zero-order valence-corrected chi connectivity index (χ0v) is 11.7. The number of esters is 1. The number of benzene rings is 1. The van der Waals surface area contributed by atoms with Gasteiger partial charge in [-0.1, -0.05) is 0 Å². The molecule has 2 N–H and O–H groups in total. The van der Waals surface area contributed by atoms with Crippen LogP contribution in [0.3, 0.4) is 0 Å². The molecule has 1 aromatic carbocycles. The maximum Gasteiger partial charge on any atom is 0.340 e. The molecule has 2 rings (SSSR count). The van der Waals surface area contributed by atoms with Gasteiger partial charge in [0.2, 0.25) is 0 Å². The molecule has 1 aromatic heterocycles. The first-order valence-corrected chi connectivity index (χ1v) is 6.21. The first kappa shape index (κ1) is 13.9. The number of carbonyl (C=O) groups is 1. The van der Waals surface area contributed by atoms with Crippen molar-refractivity contribution in [2.75, 3.05) is 12.8 Å². The number of rotatable bonds is 4. The third kappa shape index (κ3) is 2.90. The molecule has 0 atom stereocenters. The molecule has 20 heavy (non-hydrogen) atoms. The van der Waals surface area contributed by atoms with Crippen LogP contribution in [0.2, 0.25) is 0 Å². The summed E-state index contributed by atoms with van der Waals surface area (Å²) in [4.78, 5) is 11.6. The molecule has 0 saturated carbocycles. The molecule has 0 aliphatic carbocycles. The molecule has 0 fully saturated rings. The average molecular weight is 275 g/mol. The van der Waals surface area contributed by atoms with Crippen molar-refractivity contribution in [1.82, 2.24) is 9.78 Å². The number of nitrogens with zero attached hydrogens (tertiary/aromatic N) is 2. The zero-order chi connectivity index (χ0) is 14.7. The second-order valence-corrected chi connectivity index (χ2v) is 4.59. The minimum Gasteiger partial charge on any atom is -0.465 e. The predicted molar refractivity (Wildman–Crippen MR) is 74.9 cm³/mol.